The SMILES string of the molecule is COC(CN1C(=O)C=NC(c2ccccc2)c2cc(Cl)ccc21)OC. The molecule has 1 aliphatic rings. The molecular weight excluding hydrogens is 340 g/mol. The van der Waals surface area contributed by atoms with Crippen LogP contribution >= 0.6 is 11.6 Å². The topological polar surface area (TPSA) is 51.1 Å². The Hall–Kier alpha value is -2.21. The maximum atomic E-state index is 12.6. The van der Waals surface area contributed by atoms with E-state index in [9.17, 15) is 4.79 Å². The van der Waals surface area contributed by atoms with Gasteiger partial charge in [0.1, 0.15) is 6.04 Å². The lowest BCUT2D eigenvalue weighted by molar-refractivity contribution is -0.117. The first-order chi connectivity index (χ1) is 12.1. The average molecular weight is 359 g/mol. The molecule has 6 heteroatoms. The largest absolute Gasteiger partial charge is 0.354 e. The highest BCUT2D eigenvalue weighted by Gasteiger charge is 2.28. The van der Waals surface area contributed by atoms with E-state index in [2.05, 4.69) is 4.99 Å². The Bertz CT molecular complexity index is 775. The predicted molar refractivity (Wildman–Crippen MR) is 98.4 cm³/mol. The van der Waals surface area contributed by atoms with Crippen LogP contribution in [0.4, 0.5) is 5.69 Å². The van der Waals surface area contributed by atoms with E-state index >= 15 is 0 Å². The van der Waals surface area contributed by atoms with E-state index in [1.807, 2.05) is 42.5 Å². The van der Waals surface area contributed by atoms with Gasteiger partial charge >= 0.3 is 0 Å². The molecule has 5 nitrogen and oxygen atoms in total. The van der Waals surface area contributed by atoms with Gasteiger partial charge in [-0.2, -0.15) is 0 Å². The van der Waals surface area contributed by atoms with Crippen molar-refractivity contribution in [1.82, 2.24) is 0 Å². The average Bonchev–Trinajstić information content (AvgIpc) is 2.77. The van der Waals surface area contributed by atoms with Crippen LogP contribution in [-0.2, 0) is 14.3 Å². The van der Waals surface area contributed by atoms with Gasteiger partial charge in [0.2, 0.25) is 0 Å². The zero-order chi connectivity index (χ0) is 17.8. The van der Waals surface area contributed by atoms with Gasteiger partial charge in [-0.25, -0.2) is 0 Å². The fraction of sp³-hybridized carbons (Fsp3) is 0.263. The summed E-state index contributed by atoms with van der Waals surface area (Å²) in [5.41, 5.74) is 2.61. The second-order valence-electron chi connectivity index (χ2n) is 5.64. The third-order valence-electron chi connectivity index (χ3n) is 4.15. The normalized spacial score (nSPS) is 16.9. The standard InChI is InChI=1S/C19H19ClN2O3/c1-24-18(25-2)12-22-16-9-8-14(20)10-15(16)19(21-11-17(22)23)13-6-4-3-5-7-13/h3-11,18-19H,12H2,1-2H3. The summed E-state index contributed by atoms with van der Waals surface area (Å²) in [7, 11) is 3.08. The smallest absolute Gasteiger partial charge is 0.269 e. The number of hydrogen-bond acceptors (Lipinski definition) is 4. The third kappa shape index (κ3) is 3.74. The van der Waals surface area contributed by atoms with Crippen molar-refractivity contribution in [3.05, 3.63) is 64.7 Å². The molecule has 0 bridgehead atoms. The van der Waals surface area contributed by atoms with Crippen LogP contribution in [0.5, 0.6) is 0 Å². The molecule has 0 radical (unpaired) electrons. The molecule has 1 aliphatic heterocycles. The summed E-state index contributed by atoms with van der Waals surface area (Å²) >= 11 is 6.22. The lowest BCUT2D eigenvalue weighted by Gasteiger charge is -2.26. The summed E-state index contributed by atoms with van der Waals surface area (Å²) in [6.45, 7) is 0.258. The van der Waals surface area contributed by atoms with Gasteiger partial charge < -0.3 is 14.4 Å². The minimum atomic E-state index is -0.533. The Balaban J connectivity index is 2.09. The number of halogens is 1. The third-order valence-corrected chi connectivity index (χ3v) is 4.38. The second-order valence-corrected chi connectivity index (χ2v) is 6.08. The van der Waals surface area contributed by atoms with Gasteiger partial charge in [0.15, 0.2) is 6.29 Å². The molecule has 1 amide bonds. The molecule has 0 saturated heterocycles. The van der Waals surface area contributed by atoms with Gasteiger partial charge in [-0.1, -0.05) is 41.9 Å². The minimum absolute atomic E-state index is 0.221. The molecular formula is C19H19ClN2O3. The number of benzene rings is 2. The van der Waals surface area contributed by atoms with Crippen LogP contribution < -0.4 is 4.90 Å². The first-order valence-corrected chi connectivity index (χ1v) is 8.26. The number of hydrogen-bond donors (Lipinski definition) is 0. The molecule has 3 rings (SSSR count). The highest BCUT2D eigenvalue weighted by molar-refractivity contribution is 6.34. The van der Waals surface area contributed by atoms with Gasteiger partial charge in [-0.15, -0.1) is 0 Å². The van der Waals surface area contributed by atoms with Crippen molar-refractivity contribution in [1.29, 1.82) is 0 Å². The number of rotatable bonds is 5. The van der Waals surface area contributed by atoms with Gasteiger partial charge in [0.25, 0.3) is 5.91 Å². The van der Waals surface area contributed by atoms with Crippen molar-refractivity contribution in [3.63, 3.8) is 0 Å². The first-order valence-electron chi connectivity index (χ1n) is 7.88. The Morgan fingerprint density at radius 2 is 1.88 bits per heavy atom. The van der Waals surface area contributed by atoms with E-state index in [0.717, 1.165) is 16.8 Å². The first kappa shape index (κ1) is 17.6. The van der Waals surface area contributed by atoms with Crippen molar-refractivity contribution in [3.8, 4) is 0 Å². The van der Waals surface area contributed by atoms with Crippen LogP contribution in [0, 0.1) is 0 Å². The summed E-state index contributed by atoms with van der Waals surface area (Å²) in [5.74, 6) is -0.221. The van der Waals surface area contributed by atoms with Crippen molar-refractivity contribution in [2.45, 2.75) is 12.3 Å². The molecule has 0 N–H and O–H groups in total. The molecule has 1 atom stereocenters. The summed E-state index contributed by atoms with van der Waals surface area (Å²) < 4.78 is 10.5. The summed E-state index contributed by atoms with van der Waals surface area (Å²) in [6.07, 6.45) is 0.822. The lowest BCUT2D eigenvalue weighted by atomic mass is 9.97. The fourth-order valence-electron chi connectivity index (χ4n) is 2.88. The molecule has 2 aromatic rings. The van der Waals surface area contributed by atoms with Crippen LogP contribution in [-0.4, -0.2) is 39.2 Å². The number of carbonyl (C=O) groups is 1. The fourth-order valence-corrected chi connectivity index (χ4v) is 3.06. The quantitative estimate of drug-likeness (QED) is 0.769. The van der Waals surface area contributed by atoms with Crippen LogP contribution in [0.1, 0.15) is 17.2 Å². The Labute approximate surface area is 151 Å². The maximum absolute atomic E-state index is 12.6. The Kier molecular flexibility index (Phi) is 5.48. The molecule has 0 aliphatic carbocycles. The highest BCUT2D eigenvalue weighted by atomic mass is 35.5. The van der Waals surface area contributed by atoms with Crippen molar-refractivity contribution in [2.75, 3.05) is 25.7 Å². The molecule has 1 unspecified atom stereocenters. The van der Waals surface area contributed by atoms with Crippen LogP contribution in [0.15, 0.2) is 53.5 Å². The number of fused-ring (bicyclic) bond motifs is 1. The number of amides is 1. The molecule has 0 aromatic heterocycles. The van der Waals surface area contributed by atoms with Crippen molar-refractivity contribution >= 4 is 29.4 Å². The van der Waals surface area contributed by atoms with Crippen molar-refractivity contribution in [2.24, 2.45) is 4.99 Å². The van der Waals surface area contributed by atoms with Gasteiger partial charge in [0.05, 0.1) is 18.4 Å². The van der Waals surface area contributed by atoms with Crippen molar-refractivity contribution < 1.29 is 14.3 Å². The monoisotopic (exact) mass is 358 g/mol. The molecule has 130 valence electrons. The molecule has 0 spiro atoms. The van der Waals surface area contributed by atoms with Gasteiger partial charge in [-0.3, -0.25) is 9.79 Å². The highest BCUT2D eigenvalue weighted by Crippen LogP contribution is 2.37. The number of carbonyl (C=O) groups excluding carboxylic acids is 1. The lowest BCUT2D eigenvalue weighted by Crippen LogP contribution is -2.39. The zero-order valence-corrected chi connectivity index (χ0v) is 14.8. The number of ether oxygens (including phenoxy) is 2. The molecule has 0 saturated carbocycles. The van der Waals surface area contributed by atoms with Gasteiger partial charge in [-0.05, 0) is 23.8 Å². The molecule has 25 heavy (non-hydrogen) atoms. The van der Waals surface area contributed by atoms with E-state index in [1.165, 1.54) is 6.21 Å². The van der Waals surface area contributed by atoms with Crippen LogP contribution in [0.3, 0.4) is 0 Å². The number of aliphatic imine (C=N–C) groups is 1. The summed E-state index contributed by atoms with van der Waals surface area (Å²) in [6, 6.07) is 15.0. The molecule has 0 fully saturated rings. The van der Waals surface area contributed by atoms with E-state index in [4.69, 9.17) is 21.1 Å². The van der Waals surface area contributed by atoms with Crippen LogP contribution in [0.2, 0.25) is 5.02 Å². The van der Waals surface area contributed by atoms with E-state index in [-0.39, 0.29) is 18.5 Å². The summed E-state index contributed by atoms with van der Waals surface area (Å²) in [5, 5.41) is 0.596. The van der Waals surface area contributed by atoms with E-state index < -0.39 is 6.29 Å². The van der Waals surface area contributed by atoms with Gasteiger partial charge in [0, 0.05) is 24.8 Å². The van der Waals surface area contributed by atoms with Crippen LogP contribution in [0.25, 0.3) is 0 Å². The zero-order valence-electron chi connectivity index (χ0n) is 14.1. The Morgan fingerprint density at radius 1 is 1.16 bits per heavy atom. The number of methoxy groups -OCH3 is 2. The summed E-state index contributed by atoms with van der Waals surface area (Å²) in [4.78, 5) is 18.8. The maximum Gasteiger partial charge on any atom is 0.269 e. The predicted octanol–water partition coefficient (Wildman–Crippen LogP) is 3.47. The second kappa shape index (κ2) is 7.78. The minimum Gasteiger partial charge on any atom is -0.354 e. The molecule has 2 aromatic carbocycles. The van der Waals surface area contributed by atoms with E-state index in [1.54, 1.807) is 25.2 Å². The number of nitrogens with zero attached hydrogens (tertiary/aromatic N) is 2. The molecule has 1 heterocycles. The van der Waals surface area contributed by atoms with E-state index in [0.29, 0.717) is 5.02 Å². The number of anilines is 1. The Morgan fingerprint density at radius 3 is 2.56 bits per heavy atom.